The second kappa shape index (κ2) is 55.0. The smallest absolute Gasteiger partial charge is 0.306 e. The molecule has 0 spiro atoms. The van der Waals surface area contributed by atoms with Gasteiger partial charge in [-0.05, 0) is 96.3 Å². The molecule has 0 aliphatic carbocycles. The van der Waals surface area contributed by atoms with Crippen LogP contribution in [-0.2, 0) is 47.7 Å². The van der Waals surface area contributed by atoms with E-state index in [0.717, 1.165) is 151 Å². The SMILES string of the molecule is CCCCCC(OC(=O)CCCC(=O)OCC[N+](C)(C)C)C(O)C/C=C\CCCCCCCC(N)=O.CCCCCCCCCCNC(=O)CCCCCCC/C=C\CC(O)C(CCCCC)OC(=O)CCCC(=O)OCC[N+](C)(C)C. The lowest BCUT2D eigenvalue weighted by Gasteiger charge is -2.23. The molecular formula is C66H126N4O12+2. The number of unbranched alkanes of at least 4 members (excludes halogenated alkanes) is 21. The minimum absolute atomic E-state index is 0.136. The lowest BCUT2D eigenvalue weighted by molar-refractivity contribution is -0.870. The van der Waals surface area contributed by atoms with Gasteiger partial charge < -0.3 is 49.2 Å². The van der Waals surface area contributed by atoms with Gasteiger partial charge in [-0.2, -0.15) is 0 Å². The number of likely N-dealkylation sites (N-methyl/N-ethyl adjacent to an activating group) is 2. The largest absolute Gasteiger partial charge is 0.460 e. The van der Waals surface area contributed by atoms with E-state index < -0.39 is 24.4 Å². The van der Waals surface area contributed by atoms with Gasteiger partial charge in [-0.1, -0.05) is 154 Å². The number of aliphatic hydroxyl groups excluding tert-OH is 2. The maximum Gasteiger partial charge on any atom is 0.306 e. The Balaban J connectivity index is 0. The van der Waals surface area contributed by atoms with E-state index in [9.17, 15) is 39.0 Å². The van der Waals surface area contributed by atoms with Gasteiger partial charge in [0.25, 0.3) is 0 Å². The number of nitrogens with zero attached hydrogens (tertiary/aromatic N) is 2. The molecule has 0 saturated carbocycles. The number of carbonyl (C=O) groups excluding carboxylic acids is 6. The average Bonchev–Trinajstić information content (AvgIpc) is 3.40. The number of nitrogens with one attached hydrogen (secondary N) is 1. The number of hydrogen-bond donors (Lipinski definition) is 4. The van der Waals surface area contributed by atoms with Crippen LogP contribution >= 0.6 is 0 Å². The molecule has 480 valence electrons. The van der Waals surface area contributed by atoms with E-state index >= 15 is 0 Å². The van der Waals surface area contributed by atoms with Crippen molar-refractivity contribution in [2.75, 3.05) is 75.1 Å². The lowest BCUT2D eigenvalue weighted by Crippen LogP contribution is -2.38. The predicted octanol–water partition coefficient (Wildman–Crippen LogP) is 12.6. The number of aliphatic hydroxyl groups is 2. The molecule has 0 aliphatic heterocycles. The minimum Gasteiger partial charge on any atom is -0.460 e. The van der Waals surface area contributed by atoms with Crippen molar-refractivity contribution in [3.05, 3.63) is 24.3 Å². The zero-order chi connectivity index (χ0) is 61.5. The van der Waals surface area contributed by atoms with Gasteiger partial charge in [0.1, 0.15) is 38.5 Å². The fourth-order valence-electron chi connectivity index (χ4n) is 8.83. The normalized spacial score (nSPS) is 13.3. The summed E-state index contributed by atoms with van der Waals surface area (Å²) in [4.78, 5) is 71.4. The Morgan fingerprint density at radius 3 is 1.18 bits per heavy atom. The number of amides is 2. The van der Waals surface area contributed by atoms with E-state index in [-0.39, 0.29) is 61.4 Å². The van der Waals surface area contributed by atoms with E-state index in [4.69, 9.17) is 24.7 Å². The summed E-state index contributed by atoms with van der Waals surface area (Å²) in [6.07, 6.45) is 38.9. The Bertz CT molecular complexity index is 1640. The first-order valence-corrected chi connectivity index (χ1v) is 32.7. The maximum absolute atomic E-state index is 12.5. The maximum atomic E-state index is 12.5. The zero-order valence-electron chi connectivity index (χ0n) is 54.0. The van der Waals surface area contributed by atoms with Gasteiger partial charge in [0, 0.05) is 45.1 Å². The van der Waals surface area contributed by atoms with Gasteiger partial charge in [0.2, 0.25) is 11.8 Å². The topological polar surface area (TPSA) is 218 Å². The Hall–Kier alpha value is -3.86. The first-order chi connectivity index (χ1) is 39.1. The summed E-state index contributed by atoms with van der Waals surface area (Å²) in [5.41, 5.74) is 5.14. The molecule has 4 unspecified atom stereocenters. The van der Waals surface area contributed by atoms with Crippen LogP contribution in [0.3, 0.4) is 0 Å². The number of esters is 4. The minimum atomic E-state index is -0.739. The molecule has 16 heteroatoms. The van der Waals surface area contributed by atoms with Gasteiger partial charge in [-0.15, -0.1) is 0 Å². The van der Waals surface area contributed by atoms with Gasteiger partial charge in [0.15, 0.2) is 0 Å². The van der Waals surface area contributed by atoms with Crippen LogP contribution in [0.4, 0.5) is 0 Å². The number of allylic oxidation sites excluding steroid dienone is 2. The quantitative estimate of drug-likeness (QED) is 0.0147. The van der Waals surface area contributed by atoms with Crippen molar-refractivity contribution < 1.29 is 66.9 Å². The number of ether oxygens (including phenoxy) is 4. The van der Waals surface area contributed by atoms with E-state index in [0.29, 0.717) is 64.6 Å². The van der Waals surface area contributed by atoms with Crippen LogP contribution in [0, 0.1) is 0 Å². The third-order valence-electron chi connectivity index (χ3n) is 14.2. The molecule has 0 heterocycles. The van der Waals surface area contributed by atoms with Crippen molar-refractivity contribution in [1.29, 1.82) is 0 Å². The number of nitrogens with two attached hydrogens (primary N) is 1. The van der Waals surface area contributed by atoms with Crippen LogP contribution < -0.4 is 11.1 Å². The summed E-state index contributed by atoms with van der Waals surface area (Å²) < 4.78 is 23.2. The molecule has 0 fully saturated rings. The fraction of sp³-hybridized carbons (Fsp3) is 0.848. The van der Waals surface area contributed by atoms with Gasteiger partial charge >= 0.3 is 23.9 Å². The van der Waals surface area contributed by atoms with Crippen molar-refractivity contribution >= 4 is 35.7 Å². The summed E-state index contributed by atoms with van der Waals surface area (Å²) in [7, 11) is 12.2. The number of rotatable bonds is 55. The van der Waals surface area contributed by atoms with Crippen LogP contribution in [0.1, 0.15) is 265 Å². The molecule has 2 amide bonds. The Morgan fingerprint density at radius 2 is 0.780 bits per heavy atom. The fourth-order valence-corrected chi connectivity index (χ4v) is 8.83. The van der Waals surface area contributed by atoms with Crippen molar-refractivity contribution in [2.45, 2.75) is 289 Å². The van der Waals surface area contributed by atoms with Crippen molar-refractivity contribution in [3.8, 4) is 0 Å². The molecule has 0 aromatic rings. The highest BCUT2D eigenvalue weighted by Gasteiger charge is 2.24. The number of primary amides is 1. The third kappa shape index (κ3) is 59.3. The van der Waals surface area contributed by atoms with Crippen LogP contribution in [0.25, 0.3) is 0 Å². The second-order valence-corrected chi connectivity index (χ2v) is 24.7. The molecule has 0 radical (unpaired) electrons. The average molecular weight is 1170 g/mol. The van der Waals surface area contributed by atoms with Crippen molar-refractivity contribution in [1.82, 2.24) is 5.32 Å². The van der Waals surface area contributed by atoms with Gasteiger partial charge in [-0.25, -0.2) is 0 Å². The summed E-state index contributed by atoms with van der Waals surface area (Å²) in [5.74, 6) is -1.39. The first-order valence-electron chi connectivity index (χ1n) is 32.7. The second-order valence-electron chi connectivity index (χ2n) is 24.7. The van der Waals surface area contributed by atoms with Crippen LogP contribution in [-0.4, -0.2) is 154 Å². The Kier molecular flexibility index (Phi) is 53.8. The first kappa shape index (κ1) is 80.2. The molecular weight excluding hydrogens is 1040 g/mol. The molecule has 16 nitrogen and oxygen atoms in total. The third-order valence-corrected chi connectivity index (χ3v) is 14.2. The monoisotopic (exact) mass is 1170 g/mol. The van der Waals surface area contributed by atoms with Crippen molar-refractivity contribution in [2.24, 2.45) is 5.73 Å². The van der Waals surface area contributed by atoms with Crippen LogP contribution in [0.2, 0.25) is 0 Å². The van der Waals surface area contributed by atoms with E-state index in [1.165, 1.54) is 44.9 Å². The van der Waals surface area contributed by atoms with Crippen molar-refractivity contribution in [3.63, 3.8) is 0 Å². The zero-order valence-corrected chi connectivity index (χ0v) is 54.0. The summed E-state index contributed by atoms with van der Waals surface area (Å²) in [5, 5.41) is 24.5. The van der Waals surface area contributed by atoms with E-state index in [1.807, 2.05) is 54.4 Å². The standard InChI is InChI=1S/C38H72N2O6.C28H52N2O6/c1-6-8-10-11-12-17-20-24-31-39-36(42)28-23-19-16-14-13-15-18-22-26-34(41)35(27-21-9-7-2)46-38(44)30-25-29-37(43)45-33-32-40(3,4)5;1-5-6-13-18-25(24(31)17-14-11-9-7-8-10-12-15-19-26(29)32)36-28(34)21-16-20-27(33)35-23-22-30(2,3)4/h18,22,34-35,41H,6-17,19-21,23-33H2,1-5H3;11,14,24-25,31H,5-10,12-13,15-23H2,1-4H3,(H-,29,32)/p+2/b22-18-;14-11-. The van der Waals surface area contributed by atoms with Gasteiger partial charge in [0.05, 0.1) is 54.5 Å². The summed E-state index contributed by atoms with van der Waals surface area (Å²) >= 11 is 0. The summed E-state index contributed by atoms with van der Waals surface area (Å²) in [6, 6.07) is 0. The van der Waals surface area contributed by atoms with E-state index in [1.54, 1.807) is 0 Å². The molecule has 0 rings (SSSR count). The summed E-state index contributed by atoms with van der Waals surface area (Å²) in [6.45, 7) is 9.49. The molecule has 82 heavy (non-hydrogen) atoms. The predicted molar refractivity (Wildman–Crippen MR) is 332 cm³/mol. The van der Waals surface area contributed by atoms with Crippen LogP contribution in [0.5, 0.6) is 0 Å². The highest BCUT2D eigenvalue weighted by atomic mass is 16.6. The molecule has 0 aliphatic rings. The number of carbonyl (C=O) groups is 6. The molecule has 0 aromatic carbocycles. The Morgan fingerprint density at radius 1 is 0.427 bits per heavy atom. The van der Waals surface area contributed by atoms with E-state index in [2.05, 4.69) is 38.2 Å². The highest BCUT2D eigenvalue weighted by Crippen LogP contribution is 2.19. The number of quaternary nitrogens is 2. The Labute approximate surface area is 500 Å². The highest BCUT2D eigenvalue weighted by molar-refractivity contribution is 5.76. The molecule has 0 saturated heterocycles. The molecule has 0 aromatic heterocycles. The lowest BCUT2D eigenvalue weighted by atomic mass is 10.0. The molecule has 0 bridgehead atoms. The molecule has 5 N–H and O–H groups in total. The molecule has 4 atom stereocenters. The van der Waals surface area contributed by atoms with Gasteiger partial charge in [-0.3, -0.25) is 28.8 Å². The van der Waals surface area contributed by atoms with Crippen LogP contribution in [0.15, 0.2) is 24.3 Å². The number of hydrogen-bond acceptors (Lipinski definition) is 12.